The van der Waals surface area contributed by atoms with Gasteiger partial charge in [-0.3, -0.25) is 4.79 Å². The zero-order valence-corrected chi connectivity index (χ0v) is 13.8. The Bertz CT molecular complexity index is 548. The molecule has 0 aromatic heterocycles. The van der Waals surface area contributed by atoms with Gasteiger partial charge >= 0.3 is 0 Å². The molecule has 2 atom stereocenters. The Morgan fingerprint density at radius 3 is 2.48 bits per heavy atom. The van der Waals surface area contributed by atoms with Gasteiger partial charge in [0.05, 0.1) is 13.0 Å². The molecule has 1 aliphatic carbocycles. The van der Waals surface area contributed by atoms with Crippen LogP contribution in [0.15, 0.2) is 34.8 Å². The Morgan fingerprint density at radius 2 is 1.95 bits per heavy atom. The van der Waals surface area contributed by atoms with Crippen LogP contribution in [0.2, 0.25) is 0 Å². The Morgan fingerprint density at radius 1 is 1.33 bits per heavy atom. The van der Waals surface area contributed by atoms with Crippen molar-refractivity contribution in [3.8, 4) is 5.75 Å². The summed E-state index contributed by atoms with van der Waals surface area (Å²) in [5.41, 5.74) is 0.934. The van der Waals surface area contributed by atoms with E-state index in [1.54, 1.807) is 13.2 Å². The fourth-order valence-electron chi connectivity index (χ4n) is 2.67. The summed E-state index contributed by atoms with van der Waals surface area (Å²) < 4.78 is 5.32. The van der Waals surface area contributed by atoms with Crippen molar-refractivity contribution in [2.75, 3.05) is 7.11 Å². The highest BCUT2D eigenvalue weighted by atomic mass is 35.5. The molecule has 0 spiro atoms. The van der Waals surface area contributed by atoms with E-state index in [2.05, 4.69) is 5.32 Å². The first kappa shape index (κ1) is 16.2. The number of carbonyl (C=O) groups excluding carboxylic acids is 1. The summed E-state index contributed by atoms with van der Waals surface area (Å²) in [4.78, 5) is 12.3. The van der Waals surface area contributed by atoms with Gasteiger partial charge in [0.15, 0.2) is 0 Å². The maximum atomic E-state index is 12.3. The van der Waals surface area contributed by atoms with E-state index < -0.39 is 0 Å². The number of amides is 1. The van der Waals surface area contributed by atoms with Crippen LogP contribution in [0.25, 0.3) is 0 Å². The monoisotopic (exact) mass is 327 g/mol. The topological polar surface area (TPSA) is 38.3 Å². The van der Waals surface area contributed by atoms with Crippen molar-refractivity contribution in [2.24, 2.45) is 17.3 Å². The number of hydrogen-bond acceptors (Lipinski definition) is 2. The second-order valence-corrected chi connectivity index (χ2v) is 6.85. The fourth-order valence-corrected chi connectivity index (χ4v) is 2.94. The lowest BCUT2D eigenvalue weighted by Crippen LogP contribution is -2.26. The molecule has 1 aliphatic rings. The summed E-state index contributed by atoms with van der Waals surface area (Å²) in [5.74, 6) is 0.851. The molecule has 114 valence electrons. The van der Waals surface area contributed by atoms with Crippen molar-refractivity contribution in [1.29, 1.82) is 0 Å². The van der Waals surface area contributed by atoms with E-state index in [0.29, 0.717) is 6.54 Å². The molecular weight excluding hydrogens is 309 g/mol. The first-order chi connectivity index (χ1) is 9.86. The molecule has 0 bridgehead atoms. The van der Waals surface area contributed by atoms with Crippen LogP contribution in [0.3, 0.4) is 0 Å². The van der Waals surface area contributed by atoms with E-state index in [4.69, 9.17) is 27.9 Å². The van der Waals surface area contributed by atoms with Gasteiger partial charge in [0, 0.05) is 6.54 Å². The van der Waals surface area contributed by atoms with Crippen LogP contribution in [-0.2, 0) is 11.3 Å². The summed E-state index contributed by atoms with van der Waals surface area (Å²) in [6, 6.07) is 7.62. The number of rotatable bonds is 5. The number of nitrogens with one attached hydrogen (secondary N) is 1. The van der Waals surface area contributed by atoms with E-state index >= 15 is 0 Å². The van der Waals surface area contributed by atoms with Crippen molar-refractivity contribution < 1.29 is 9.53 Å². The number of halogens is 2. The highest BCUT2D eigenvalue weighted by molar-refractivity contribution is 6.55. The number of ether oxygens (including phenoxy) is 1. The molecular formula is C16H19Cl2NO2. The fraction of sp³-hybridized carbons (Fsp3) is 0.438. The molecule has 1 N–H and O–H groups in total. The van der Waals surface area contributed by atoms with Gasteiger partial charge in [-0.05, 0) is 35.1 Å². The summed E-state index contributed by atoms with van der Waals surface area (Å²) in [6.07, 6.45) is 1.75. The Kier molecular flexibility index (Phi) is 4.84. The van der Waals surface area contributed by atoms with Crippen molar-refractivity contribution in [3.05, 3.63) is 40.4 Å². The maximum Gasteiger partial charge on any atom is 0.224 e. The molecule has 1 saturated carbocycles. The maximum absolute atomic E-state index is 12.3. The Hall–Kier alpha value is -1.19. The molecule has 5 heteroatoms. The van der Waals surface area contributed by atoms with Crippen molar-refractivity contribution in [1.82, 2.24) is 5.32 Å². The van der Waals surface area contributed by atoms with Gasteiger partial charge in [0.2, 0.25) is 5.91 Å². The average molecular weight is 328 g/mol. The van der Waals surface area contributed by atoms with Crippen LogP contribution < -0.4 is 10.1 Å². The zero-order valence-electron chi connectivity index (χ0n) is 12.3. The van der Waals surface area contributed by atoms with E-state index in [1.165, 1.54) is 0 Å². The lowest BCUT2D eigenvalue weighted by atomic mass is 10.1. The van der Waals surface area contributed by atoms with Crippen LogP contribution in [0.5, 0.6) is 5.75 Å². The molecule has 0 heterocycles. The second-order valence-electron chi connectivity index (χ2n) is 5.85. The van der Waals surface area contributed by atoms with Gasteiger partial charge in [-0.25, -0.2) is 0 Å². The first-order valence-electron chi connectivity index (χ1n) is 6.79. The van der Waals surface area contributed by atoms with Crippen LogP contribution in [0, 0.1) is 17.3 Å². The molecule has 21 heavy (non-hydrogen) atoms. The summed E-state index contributed by atoms with van der Waals surface area (Å²) >= 11 is 11.4. The van der Waals surface area contributed by atoms with Crippen molar-refractivity contribution >= 4 is 29.1 Å². The molecule has 1 aromatic rings. The molecule has 1 fully saturated rings. The highest BCUT2D eigenvalue weighted by Gasteiger charge is 2.60. The highest BCUT2D eigenvalue weighted by Crippen LogP contribution is 2.59. The summed E-state index contributed by atoms with van der Waals surface area (Å²) in [5, 5.41) is 2.96. The smallest absolute Gasteiger partial charge is 0.224 e. The van der Waals surface area contributed by atoms with E-state index in [9.17, 15) is 4.79 Å². The number of benzene rings is 1. The molecule has 3 nitrogen and oxygen atoms in total. The third-order valence-electron chi connectivity index (χ3n) is 4.12. The minimum Gasteiger partial charge on any atom is -0.497 e. The minimum absolute atomic E-state index is 0.0339. The van der Waals surface area contributed by atoms with E-state index in [1.807, 2.05) is 38.1 Å². The number of carbonyl (C=O) groups is 1. The van der Waals surface area contributed by atoms with Crippen molar-refractivity contribution in [2.45, 2.75) is 20.4 Å². The third-order valence-corrected chi connectivity index (χ3v) is 4.38. The normalized spacial score (nSPS) is 22.3. The van der Waals surface area contributed by atoms with Gasteiger partial charge in [-0.1, -0.05) is 49.2 Å². The molecule has 0 aliphatic heterocycles. The molecule has 2 rings (SSSR count). The minimum atomic E-state index is -0.0982. The predicted molar refractivity (Wildman–Crippen MR) is 85.4 cm³/mol. The largest absolute Gasteiger partial charge is 0.497 e. The van der Waals surface area contributed by atoms with E-state index in [0.717, 1.165) is 11.3 Å². The lowest BCUT2D eigenvalue weighted by molar-refractivity contribution is -0.123. The van der Waals surface area contributed by atoms with Crippen LogP contribution in [-0.4, -0.2) is 13.0 Å². The quantitative estimate of drug-likeness (QED) is 0.890. The number of allylic oxidation sites excluding steroid dienone is 1. The third kappa shape index (κ3) is 3.72. The van der Waals surface area contributed by atoms with Crippen LogP contribution in [0.4, 0.5) is 0 Å². The van der Waals surface area contributed by atoms with Crippen LogP contribution >= 0.6 is 23.2 Å². The van der Waals surface area contributed by atoms with Gasteiger partial charge in [0.25, 0.3) is 0 Å². The van der Waals surface area contributed by atoms with Gasteiger partial charge < -0.3 is 10.1 Å². The predicted octanol–water partition coefficient (Wildman–Crippen LogP) is 3.90. The summed E-state index contributed by atoms with van der Waals surface area (Å²) in [6.45, 7) is 4.59. The van der Waals surface area contributed by atoms with E-state index in [-0.39, 0.29) is 27.6 Å². The van der Waals surface area contributed by atoms with Gasteiger partial charge in [-0.2, -0.15) is 0 Å². The standard InChI is InChI=1S/C16H19Cl2NO2/c1-16(2)12(8-13(17)18)14(16)15(20)19-9-10-4-6-11(21-3)7-5-10/h4-8,12,14H,9H2,1-3H3,(H,19,20). The lowest BCUT2D eigenvalue weighted by Gasteiger charge is -2.07. The SMILES string of the molecule is COc1ccc(CNC(=O)C2C(C=C(Cl)Cl)C2(C)C)cc1. The number of hydrogen-bond donors (Lipinski definition) is 1. The Balaban J connectivity index is 1.92. The molecule has 2 unspecified atom stereocenters. The second kappa shape index (κ2) is 6.29. The zero-order chi connectivity index (χ0) is 15.6. The first-order valence-corrected chi connectivity index (χ1v) is 7.55. The number of methoxy groups -OCH3 is 1. The molecule has 0 radical (unpaired) electrons. The van der Waals surface area contributed by atoms with Gasteiger partial charge in [-0.15, -0.1) is 0 Å². The molecule has 1 aromatic carbocycles. The Labute approximate surface area is 135 Å². The molecule has 0 saturated heterocycles. The van der Waals surface area contributed by atoms with Gasteiger partial charge in [0.1, 0.15) is 10.2 Å². The summed E-state index contributed by atoms with van der Waals surface area (Å²) in [7, 11) is 1.63. The average Bonchev–Trinajstić information content (AvgIpc) is 2.97. The van der Waals surface area contributed by atoms with Crippen molar-refractivity contribution in [3.63, 3.8) is 0 Å². The molecule has 1 amide bonds. The van der Waals surface area contributed by atoms with Crippen LogP contribution in [0.1, 0.15) is 19.4 Å².